The monoisotopic (exact) mass is 556 g/mol. The van der Waals surface area contributed by atoms with Crippen molar-refractivity contribution in [1.82, 2.24) is 4.90 Å². The van der Waals surface area contributed by atoms with Gasteiger partial charge in [-0.15, -0.1) is 0 Å². The molecule has 0 spiro atoms. The Morgan fingerprint density at radius 2 is 1.08 bits per heavy atom. The highest BCUT2D eigenvalue weighted by Crippen LogP contribution is 2.18. The van der Waals surface area contributed by atoms with Gasteiger partial charge < -0.3 is 19.5 Å². The van der Waals surface area contributed by atoms with Crippen molar-refractivity contribution >= 4 is 5.97 Å². The van der Waals surface area contributed by atoms with Crippen LogP contribution in [0.4, 0.5) is 0 Å². The summed E-state index contributed by atoms with van der Waals surface area (Å²) in [5.41, 5.74) is 0. The number of carbonyl (C=O) groups is 1. The Hall–Kier alpha value is -0.650. The summed E-state index contributed by atoms with van der Waals surface area (Å²) in [6, 6.07) is 0. The third kappa shape index (κ3) is 28.7. The average molecular weight is 556 g/mol. The quantitative estimate of drug-likeness (QED) is 0.0662. The van der Waals surface area contributed by atoms with E-state index >= 15 is 0 Å². The number of carbonyl (C=O) groups excluding carboxylic acids is 1. The van der Waals surface area contributed by atoms with Gasteiger partial charge in [0.1, 0.15) is 6.10 Å². The standard InChI is InChI=1S/C34H69NO4/c1-4-6-8-10-13-19-25-33(26-20-14-11-9-7-5-2)39-34(37)27-21-15-12-16-22-28-35(30-31-36)29-23-17-18-24-32-38-3/h33,36H,4-32H2,1-3H3. The molecule has 0 aliphatic rings. The van der Waals surface area contributed by atoms with E-state index in [1.807, 2.05) is 0 Å². The number of hydrogen-bond acceptors (Lipinski definition) is 5. The number of aliphatic hydroxyl groups is 1. The van der Waals surface area contributed by atoms with E-state index < -0.39 is 0 Å². The lowest BCUT2D eigenvalue weighted by molar-refractivity contribution is -0.150. The molecule has 5 nitrogen and oxygen atoms in total. The van der Waals surface area contributed by atoms with E-state index in [2.05, 4.69) is 18.7 Å². The first-order chi connectivity index (χ1) is 19.2. The lowest BCUT2D eigenvalue weighted by Crippen LogP contribution is -2.29. The molecular formula is C34H69NO4. The molecule has 0 rings (SSSR count). The van der Waals surface area contributed by atoms with Crippen LogP contribution in [0.25, 0.3) is 0 Å². The lowest BCUT2D eigenvalue weighted by atomic mass is 10.0. The van der Waals surface area contributed by atoms with Crippen molar-refractivity contribution in [3.63, 3.8) is 0 Å². The molecule has 0 radical (unpaired) electrons. The summed E-state index contributed by atoms with van der Waals surface area (Å²) in [7, 11) is 1.76. The number of esters is 1. The number of ether oxygens (including phenoxy) is 2. The molecule has 0 saturated heterocycles. The molecule has 0 amide bonds. The molecule has 0 aromatic heterocycles. The van der Waals surface area contributed by atoms with Gasteiger partial charge in [0.05, 0.1) is 6.61 Å². The molecule has 0 atom stereocenters. The van der Waals surface area contributed by atoms with Crippen LogP contribution in [-0.4, -0.2) is 62.0 Å². The van der Waals surface area contributed by atoms with Gasteiger partial charge in [-0.3, -0.25) is 4.79 Å². The fraction of sp³-hybridized carbons (Fsp3) is 0.971. The van der Waals surface area contributed by atoms with Gasteiger partial charge in [-0.05, 0) is 64.5 Å². The van der Waals surface area contributed by atoms with Crippen LogP contribution in [0.1, 0.15) is 168 Å². The zero-order valence-corrected chi connectivity index (χ0v) is 26.7. The predicted molar refractivity (Wildman–Crippen MR) is 167 cm³/mol. The van der Waals surface area contributed by atoms with Crippen molar-refractivity contribution in [2.45, 2.75) is 174 Å². The van der Waals surface area contributed by atoms with Crippen molar-refractivity contribution in [1.29, 1.82) is 0 Å². The first kappa shape index (κ1) is 38.4. The van der Waals surface area contributed by atoms with Gasteiger partial charge in [-0.1, -0.05) is 110 Å². The normalized spacial score (nSPS) is 11.6. The van der Waals surface area contributed by atoms with Gasteiger partial charge in [0.2, 0.25) is 0 Å². The molecule has 0 heterocycles. The number of hydrogen-bond donors (Lipinski definition) is 1. The number of nitrogens with zero attached hydrogens (tertiary/aromatic N) is 1. The van der Waals surface area contributed by atoms with Crippen LogP contribution in [0.15, 0.2) is 0 Å². The van der Waals surface area contributed by atoms with Crippen LogP contribution in [0, 0.1) is 0 Å². The summed E-state index contributed by atoms with van der Waals surface area (Å²) in [6.07, 6.45) is 28.7. The number of methoxy groups -OCH3 is 1. The Kier molecular flexibility index (Phi) is 31.3. The highest BCUT2D eigenvalue weighted by Gasteiger charge is 2.14. The Bertz CT molecular complexity index is 472. The topological polar surface area (TPSA) is 59.0 Å². The maximum absolute atomic E-state index is 12.6. The third-order valence-electron chi connectivity index (χ3n) is 7.90. The largest absolute Gasteiger partial charge is 0.462 e. The Balaban J connectivity index is 4.04. The number of rotatable bonds is 32. The third-order valence-corrected chi connectivity index (χ3v) is 7.90. The molecule has 0 aliphatic carbocycles. The van der Waals surface area contributed by atoms with Gasteiger partial charge in [0.25, 0.3) is 0 Å². The van der Waals surface area contributed by atoms with Gasteiger partial charge >= 0.3 is 5.97 Å². The summed E-state index contributed by atoms with van der Waals surface area (Å²) in [6.45, 7) is 8.55. The van der Waals surface area contributed by atoms with Crippen molar-refractivity contribution in [2.24, 2.45) is 0 Å². The minimum atomic E-state index is 0.0246. The molecule has 0 fully saturated rings. The van der Waals surface area contributed by atoms with E-state index in [-0.39, 0.29) is 18.7 Å². The second kappa shape index (κ2) is 31.9. The zero-order chi connectivity index (χ0) is 28.7. The van der Waals surface area contributed by atoms with Crippen LogP contribution in [0.3, 0.4) is 0 Å². The van der Waals surface area contributed by atoms with Crippen LogP contribution < -0.4 is 0 Å². The van der Waals surface area contributed by atoms with Crippen molar-refractivity contribution < 1.29 is 19.4 Å². The fourth-order valence-corrected chi connectivity index (χ4v) is 5.36. The van der Waals surface area contributed by atoms with E-state index in [0.717, 1.165) is 58.3 Å². The molecule has 0 bridgehead atoms. The minimum absolute atomic E-state index is 0.0246. The van der Waals surface area contributed by atoms with E-state index in [1.165, 1.54) is 116 Å². The summed E-state index contributed by atoms with van der Waals surface area (Å²) in [5, 5.41) is 9.38. The van der Waals surface area contributed by atoms with Crippen LogP contribution in [0.5, 0.6) is 0 Å². The molecule has 0 aliphatic heterocycles. The van der Waals surface area contributed by atoms with Crippen molar-refractivity contribution in [3.8, 4) is 0 Å². The predicted octanol–water partition coefficient (Wildman–Crippen LogP) is 9.24. The molecule has 0 aromatic carbocycles. The Morgan fingerprint density at radius 3 is 1.59 bits per heavy atom. The molecule has 1 N–H and O–H groups in total. The van der Waals surface area contributed by atoms with Crippen molar-refractivity contribution in [3.05, 3.63) is 0 Å². The molecule has 39 heavy (non-hydrogen) atoms. The number of aliphatic hydroxyl groups excluding tert-OH is 1. The fourth-order valence-electron chi connectivity index (χ4n) is 5.36. The molecule has 0 saturated carbocycles. The SMILES string of the molecule is CCCCCCCCC(CCCCCCCC)OC(=O)CCCCCCCN(CCO)CCCCCCOC. The van der Waals surface area contributed by atoms with Gasteiger partial charge in [-0.2, -0.15) is 0 Å². The second-order valence-electron chi connectivity index (χ2n) is 11.7. The maximum Gasteiger partial charge on any atom is 0.306 e. The van der Waals surface area contributed by atoms with Crippen LogP contribution >= 0.6 is 0 Å². The minimum Gasteiger partial charge on any atom is -0.462 e. The summed E-state index contributed by atoms with van der Waals surface area (Å²) >= 11 is 0. The average Bonchev–Trinajstić information content (AvgIpc) is 2.93. The molecule has 0 unspecified atom stereocenters. The molecule has 0 aromatic rings. The molecular weight excluding hydrogens is 486 g/mol. The summed E-state index contributed by atoms with van der Waals surface area (Å²) in [4.78, 5) is 15.0. The Morgan fingerprint density at radius 1 is 0.615 bits per heavy atom. The molecule has 234 valence electrons. The lowest BCUT2D eigenvalue weighted by Gasteiger charge is -2.21. The molecule has 5 heteroatoms. The summed E-state index contributed by atoms with van der Waals surface area (Å²) < 4.78 is 11.1. The highest BCUT2D eigenvalue weighted by atomic mass is 16.5. The van der Waals surface area contributed by atoms with Gasteiger partial charge in [0, 0.05) is 26.7 Å². The van der Waals surface area contributed by atoms with E-state index in [4.69, 9.17) is 9.47 Å². The Labute approximate surface area is 244 Å². The first-order valence-electron chi connectivity index (χ1n) is 17.2. The highest BCUT2D eigenvalue weighted by molar-refractivity contribution is 5.69. The van der Waals surface area contributed by atoms with E-state index in [0.29, 0.717) is 6.42 Å². The van der Waals surface area contributed by atoms with E-state index in [1.54, 1.807) is 7.11 Å². The first-order valence-corrected chi connectivity index (χ1v) is 17.2. The van der Waals surface area contributed by atoms with Crippen LogP contribution in [0.2, 0.25) is 0 Å². The smallest absolute Gasteiger partial charge is 0.306 e. The van der Waals surface area contributed by atoms with E-state index in [9.17, 15) is 9.90 Å². The van der Waals surface area contributed by atoms with Crippen LogP contribution in [-0.2, 0) is 14.3 Å². The zero-order valence-electron chi connectivity index (χ0n) is 26.7. The van der Waals surface area contributed by atoms with Gasteiger partial charge in [0.15, 0.2) is 0 Å². The number of unbranched alkanes of at least 4 members (excludes halogenated alkanes) is 17. The van der Waals surface area contributed by atoms with Crippen molar-refractivity contribution in [2.75, 3.05) is 40.0 Å². The summed E-state index contributed by atoms with van der Waals surface area (Å²) in [5.74, 6) is 0.0246. The second-order valence-corrected chi connectivity index (χ2v) is 11.7. The maximum atomic E-state index is 12.6. The van der Waals surface area contributed by atoms with Gasteiger partial charge in [-0.25, -0.2) is 0 Å².